The summed E-state index contributed by atoms with van der Waals surface area (Å²) in [6, 6.07) is 12.2. The molecule has 0 radical (unpaired) electrons. The Morgan fingerprint density at radius 1 is 1.18 bits per heavy atom. The zero-order valence-electron chi connectivity index (χ0n) is 18.0. The number of fused-ring (bicyclic) bond motifs is 7. The highest BCUT2D eigenvalue weighted by atomic mass is 19.1. The number of ether oxygens (including phenoxy) is 1. The second kappa shape index (κ2) is 7.15. The standard InChI is InChI=1S/C24H17FN8O/c1-12-17-7-14(25)2-3-19(17)33-20(8-15(9-26)30-33)16-4-5-32-23(16)22(18(10-27)31-32)13-6-21(34-12)24(28)29-11-13/h2-3,6-8,11-12,16H,4-5H2,1H3,(H2,28,29)/t12-,16?/m1/s1. The lowest BCUT2D eigenvalue weighted by Crippen LogP contribution is -2.15. The molecular weight excluding hydrogens is 435 g/mol. The van der Waals surface area contributed by atoms with E-state index in [0.29, 0.717) is 41.1 Å². The summed E-state index contributed by atoms with van der Waals surface area (Å²) in [4.78, 5) is 4.30. The highest BCUT2D eigenvalue weighted by molar-refractivity contribution is 5.75. The molecule has 0 spiro atoms. The molecule has 0 saturated heterocycles. The molecule has 0 amide bonds. The molecule has 1 aromatic carbocycles. The molecule has 0 aliphatic carbocycles. The van der Waals surface area contributed by atoms with E-state index >= 15 is 0 Å². The van der Waals surface area contributed by atoms with E-state index in [2.05, 4.69) is 27.3 Å². The number of benzene rings is 1. The topological polar surface area (TPSA) is 131 Å². The fraction of sp³-hybridized carbons (Fsp3) is 0.208. The van der Waals surface area contributed by atoms with Crippen LogP contribution in [-0.2, 0) is 6.54 Å². The predicted octanol–water partition coefficient (Wildman–Crippen LogP) is 3.58. The van der Waals surface area contributed by atoms with Gasteiger partial charge in [0.25, 0.3) is 0 Å². The number of nitrogen functional groups attached to an aromatic ring is 1. The van der Waals surface area contributed by atoms with Crippen molar-refractivity contribution in [1.29, 1.82) is 10.5 Å². The average Bonchev–Trinajstić information content (AvgIpc) is 3.52. The number of anilines is 1. The van der Waals surface area contributed by atoms with Crippen LogP contribution in [0.5, 0.6) is 5.75 Å². The van der Waals surface area contributed by atoms with Crippen LogP contribution >= 0.6 is 0 Å². The number of nitrogens with two attached hydrogens (primary N) is 1. The Labute approximate surface area is 193 Å². The fourth-order valence-electron chi connectivity index (χ4n) is 4.91. The van der Waals surface area contributed by atoms with Crippen LogP contribution in [0.2, 0.25) is 0 Å². The molecule has 2 aliphatic rings. The maximum atomic E-state index is 14.3. The van der Waals surface area contributed by atoms with Gasteiger partial charge < -0.3 is 10.5 Å². The van der Waals surface area contributed by atoms with Crippen molar-refractivity contribution in [3.8, 4) is 34.7 Å². The molecule has 2 aliphatic heterocycles. The summed E-state index contributed by atoms with van der Waals surface area (Å²) in [5, 5.41) is 28.5. The van der Waals surface area contributed by atoms with E-state index in [1.54, 1.807) is 36.0 Å². The summed E-state index contributed by atoms with van der Waals surface area (Å²) in [5.41, 5.74) is 10.6. The van der Waals surface area contributed by atoms with Gasteiger partial charge in [-0.25, -0.2) is 14.1 Å². The van der Waals surface area contributed by atoms with Crippen molar-refractivity contribution in [2.24, 2.45) is 0 Å². The average molecular weight is 452 g/mol. The van der Waals surface area contributed by atoms with Gasteiger partial charge in [-0.15, -0.1) is 0 Å². The third kappa shape index (κ3) is 2.79. The quantitative estimate of drug-likeness (QED) is 0.431. The summed E-state index contributed by atoms with van der Waals surface area (Å²) >= 11 is 0. The Morgan fingerprint density at radius 2 is 2.03 bits per heavy atom. The lowest BCUT2D eigenvalue weighted by molar-refractivity contribution is 0.226. The van der Waals surface area contributed by atoms with E-state index in [1.165, 1.54) is 12.1 Å². The second-order valence-electron chi connectivity index (χ2n) is 8.33. The Morgan fingerprint density at radius 3 is 2.82 bits per heavy atom. The maximum Gasteiger partial charge on any atom is 0.170 e. The summed E-state index contributed by atoms with van der Waals surface area (Å²) in [5.74, 6) is -0.127. The normalized spacial score (nSPS) is 17.8. The number of hydrogen-bond acceptors (Lipinski definition) is 7. The number of hydrogen-bond donors (Lipinski definition) is 1. The SMILES string of the molecule is C[C@H]1Oc2cc(cnc2N)-c2c(C#N)nn3c2C(CC3)c2cc(C#N)nn2-c2ccc(F)cc21. The van der Waals surface area contributed by atoms with Crippen molar-refractivity contribution in [1.82, 2.24) is 24.5 Å². The molecule has 4 aromatic rings. The summed E-state index contributed by atoms with van der Waals surface area (Å²) < 4.78 is 24.0. The highest BCUT2D eigenvalue weighted by Gasteiger charge is 2.36. The van der Waals surface area contributed by atoms with E-state index in [1.807, 2.05) is 4.68 Å². The number of nitriles is 2. The molecule has 10 heteroatoms. The molecule has 5 heterocycles. The number of nitrogens with zero attached hydrogens (tertiary/aromatic N) is 7. The van der Waals surface area contributed by atoms with Crippen LogP contribution in [0, 0.1) is 28.5 Å². The summed E-state index contributed by atoms with van der Waals surface area (Å²) in [6.07, 6.45) is 1.68. The molecule has 1 unspecified atom stereocenters. The van der Waals surface area contributed by atoms with Gasteiger partial charge in [-0.05, 0) is 43.7 Å². The van der Waals surface area contributed by atoms with Crippen LogP contribution in [-0.4, -0.2) is 24.5 Å². The van der Waals surface area contributed by atoms with E-state index in [9.17, 15) is 14.9 Å². The van der Waals surface area contributed by atoms with Crippen molar-refractivity contribution in [2.75, 3.05) is 5.73 Å². The lowest BCUT2D eigenvalue weighted by atomic mass is 9.92. The zero-order valence-corrected chi connectivity index (χ0v) is 18.0. The number of aryl methyl sites for hydroxylation is 1. The maximum absolute atomic E-state index is 14.3. The molecule has 9 nitrogen and oxygen atoms in total. The van der Waals surface area contributed by atoms with Gasteiger partial charge in [-0.1, -0.05) is 0 Å². The van der Waals surface area contributed by atoms with Gasteiger partial charge in [0, 0.05) is 35.3 Å². The Hall–Kier alpha value is -4.70. The first-order chi connectivity index (χ1) is 16.5. The highest BCUT2D eigenvalue weighted by Crippen LogP contribution is 2.44. The summed E-state index contributed by atoms with van der Waals surface area (Å²) in [7, 11) is 0. The first kappa shape index (κ1) is 19.9. The molecule has 0 fully saturated rings. The molecule has 2 atom stereocenters. The van der Waals surface area contributed by atoms with Gasteiger partial charge in [0.2, 0.25) is 0 Å². The summed E-state index contributed by atoms with van der Waals surface area (Å²) in [6.45, 7) is 2.38. The van der Waals surface area contributed by atoms with Crippen molar-refractivity contribution in [3.63, 3.8) is 0 Å². The minimum Gasteiger partial charge on any atom is -0.482 e. The minimum absolute atomic E-state index is 0.177. The number of pyridine rings is 1. The Balaban J connectivity index is 1.72. The predicted molar refractivity (Wildman–Crippen MR) is 118 cm³/mol. The zero-order chi connectivity index (χ0) is 23.6. The molecule has 166 valence electrons. The van der Waals surface area contributed by atoms with Gasteiger partial charge >= 0.3 is 0 Å². The largest absolute Gasteiger partial charge is 0.482 e. The van der Waals surface area contributed by atoms with E-state index < -0.39 is 11.9 Å². The van der Waals surface area contributed by atoms with Gasteiger partial charge in [-0.3, -0.25) is 4.68 Å². The van der Waals surface area contributed by atoms with Gasteiger partial charge in [0.1, 0.15) is 24.1 Å². The van der Waals surface area contributed by atoms with Crippen LogP contribution in [0.1, 0.15) is 53.7 Å². The smallest absolute Gasteiger partial charge is 0.170 e. The number of halogens is 1. The van der Waals surface area contributed by atoms with Gasteiger partial charge in [0.15, 0.2) is 23.0 Å². The third-order valence-corrected chi connectivity index (χ3v) is 6.40. The van der Waals surface area contributed by atoms with Crippen LogP contribution in [0.15, 0.2) is 36.5 Å². The first-order valence-corrected chi connectivity index (χ1v) is 10.7. The van der Waals surface area contributed by atoms with E-state index in [-0.39, 0.29) is 23.1 Å². The van der Waals surface area contributed by atoms with E-state index in [4.69, 9.17) is 10.5 Å². The molecule has 2 bridgehead atoms. The molecule has 34 heavy (non-hydrogen) atoms. The van der Waals surface area contributed by atoms with Crippen LogP contribution in [0.4, 0.5) is 10.2 Å². The molecule has 0 saturated carbocycles. The minimum atomic E-state index is -0.617. The van der Waals surface area contributed by atoms with Crippen LogP contribution in [0.25, 0.3) is 16.8 Å². The van der Waals surface area contributed by atoms with Crippen LogP contribution in [0.3, 0.4) is 0 Å². The van der Waals surface area contributed by atoms with Gasteiger partial charge in [-0.2, -0.15) is 20.7 Å². The number of rotatable bonds is 0. The molecular formula is C24H17FN8O. The number of aromatic nitrogens is 5. The molecule has 2 N–H and O–H groups in total. The first-order valence-electron chi connectivity index (χ1n) is 10.7. The third-order valence-electron chi connectivity index (χ3n) is 6.40. The second-order valence-corrected chi connectivity index (χ2v) is 8.33. The van der Waals surface area contributed by atoms with Crippen molar-refractivity contribution in [2.45, 2.75) is 31.9 Å². The molecule has 6 rings (SSSR count). The Kier molecular flexibility index (Phi) is 4.20. The van der Waals surface area contributed by atoms with Crippen molar-refractivity contribution in [3.05, 3.63) is 70.7 Å². The van der Waals surface area contributed by atoms with E-state index in [0.717, 1.165) is 11.4 Å². The van der Waals surface area contributed by atoms with Gasteiger partial charge in [0.05, 0.1) is 17.1 Å². The monoisotopic (exact) mass is 452 g/mol. The van der Waals surface area contributed by atoms with Crippen LogP contribution < -0.4 is 10.5 Å². The fourth-order valence-corrected chi connectivity index (χ4v) is 4.91. The van der Waals surface area contributed by atoms with Crippen molar-refractivity contribution < 1.29 is 9.13 Å². The van der Waals surface area contributed by atoms with Crippen molar-refractivity contribution >= 4 is 5.82 Å². The Bertz CT molecular complexity index is 1570. The lowest BCUT2D eigenvalue weighted by Gasteiger charge is -2.23. The molecule has 3 aromatic heterocycles.